The number of aliphatic hydroxyl groups is 1. The summed E-state index contributed by atoms with van der Waals surface area (Å²) in [5, 5.41) is 21.1. The summed E-state index contributed by atoms with van der Waals surface area (Å²) in [6, 6.07) is 11.3. The van der Waals surface area contributed by atoms with Gasteiger partial charge in [0, 0.05) is 35.6 Å². The number of benzene rings is 1. The molecule has 5 heteroatoms. The van der Waals surface area contributed by atoms with E-state index in [1.165, 1.54) is 0 Å². The molecule has 5 nitrogen and oxygen atoms in total. The maximum Gasteiger partial charge on any atom is 0.253 e. The minimum atomic E-state index is -0.110. The molecule has 128 valence electrons. The molecule has 0 radical (unpaired) electrons. The van der Waals surface area contributed by atoms with Crippen molar-refractivity contribution in [1.82, 2.24) is 9.88 Å². The summed E-state index contributed by atoms with van der Waals surface area (Å²) in [5.74, 6) is 0.0117. The maximum atomic E-state index is 12.6. The smallest absolute Gasteiger partial charge is 0.253 e. The van der Waals surface area contributed by atoms with Crippen LogP contribution >= 0.6 is 0 Å². The van der Waals surface area contributed by atoms with Crippen molar-refractivity contribution in [2.24, 2.45) is 5.92 Å². The fourth-order valence-electron chi connectivity index (χ4n) is 3.34. The Bertz CT molecular complexity index is 856. The van der Waals surface area contributed by atoms with Crippen molar-refractivity contribution in [2.75, 3.05) is 6.61 Å². The number of carbonyl (C=O) groups excluding carboxylic acids is 1. The number of carbonyl (C=O) groups is 1. The summed E-state index contributed by atoms with van der Waals surface area (Å²) < 4.78 is 2.01. The molecule has 0 saturated carbocycles. The Morgan fingerprint density at radius 3 is 2.64 bits per heavy atom. The van der Waals surface area contributed by atoms with Gasteiger partial charge in [-0.3, -0.25) is 4.79 Å². The molecule has 0 aliphatic heterocycles. The Balaban J connectivity index is 1.83. The molecule has 25 heavy (non-hydrogen) atoms. The van der Waals surface area contributed by atoms with Gasteiger partial charge in [0.15, 0.2) is 0 Å². The topological polar surface area (TPSA) is 78.0 Å². The van der Waals surface area contributed by atoms with Gasteiger partial charge in [-0.25, -0.2) is 0 Å². The molecule has 2 N–H and O–H groups in total. The first-order valence-electron chi connectivity index (χ1n) is 8.33. The number of hydrogen-bond acceptors (Lipinski definition) is 3. The minimum Gasteiger partial charge on any atom is -0.396 e. The number of nitrogens with one attached hydrogen (secondary N) is 1. The van der Waals surface area contributed by atoms with E-state index in [1.807, 2.05) is 48.8 Å². The second-order valence-corrected chi connectivity index (χ2v) is 6.42. The molecule has 2 atom stereocenters. The molecule has 2 aromatic rings. The number of aromatic nitrogens is 1. The van der Waals surface area contributed by atoms with E-state index >= 15 is 0 Å². The van der Waals surface area contributed by atoms with Gasteiger partial charge in [-0.05, 0) is 50.6 Å². The third-order valence-corrected chi connectivity index (χ3v) is 4.65. The maximum absolute atomic E-state index is 12.6. The molecular formula is C20H21N3O2. The highest BCUT2D eigenvalue weighted by molar-refractivity contribution is 5.96. The van der Waals surface area contributed by atoms with E-state index in [0.717, 1.165) is 23.5 Å². The predicted molar refractivity (Wildman–Crippen MR) is 95.5 cm³/mol. The van der Waals surface area contributed by atoms with Crippen LogP contribution in [0.1, 0.15) is 33.7 Å². The van der Waals surface area contributed by atoms with Crippen LogP contribution in [0.5, 0.6) is 0 Å². The number of aliphatic hydroxyl groups excluding tert-OH is 1. The molecule has 1 heterocycles. The second kappa shape index (κ2) is 6.96. The molecule has 0 unspecified atom stereocenters. The van der Waals surface area contributed by atoms with Crippen molar-refractivity contribution < 1.29 is 9.90 Å². The highest BCUT2D eigenvalue weighted by Gasteiger charge is 2.22. The van der Waals surface area contributed by atoms with Crippen LogP contribution in [0.25, 0.3) is 5.69 Å². The number of nitrogens with zero attached hydrogens (tertiary/aromatic N) is 2. The Labute approximate surface area is 147 Å². The molecule has 1 aliphatic carbocycles. The molecule has 0 fully saturated rings. The van der Waals surface area contributed by atoms with Crippen LogP contribution in [0.15, 0.2) is 42.5 Å². The monoisotopic (exact) mass is 335 g/mol. The summed E-state index contributed by atoms with van der Waals surface area (Å²) in [6.07, 6.45) is 4.63. The van der Waals surface area contributed by atoms with Crippen molar-refractivity contribution in [3.8, 4) is 11.8 Å². The van der Waals surface area contributed by atoms with E-state index in [1.54, 1.807) is 12.1 Å². The highest BCUT2D eigenvalue weighted by atomic mass is 16.3. The first-order valence-corrected chi connectivity index (χ1v) is 8.33. The van der Waals surface area contributed by atoms with Gasteiger partial charge in [-0.2, -0.15) is 5.26 Å². The molecular weight excluding hydrogens is 314 g/mol. The van der Waals surface area contributed by atoms with Crippen LogP contribution in [-0.2, 0) is 0 Å². The van der Waals surface area contributed by atoms with Crippen molar-refractivity contribution in [3.63, 3.8) is 0 Å². The molecule has 1 aliphatic rings. The largest absolute Gasteiger partial charge is 0.396 e. The number of hydrogen-bond donors (Lipinski definition) is 2. The molecule has 1 aromatic heterocycles. The van der Waals surface area contributed by atoms with Crippen LogP contribution in [0.4, 0.5) is 0 Å². The summed E-state index contributed by atoms with van der Waals surface area (Å²) in [5.41, 5.74) is 4.00. The van der Waals surface area contributed by atoms with Gasteiger partial charge in [-0.15, -0.1) is 0 Å². The Hall–Kier alpha value is -2.84. The van der Waals surface area contributed by atoms with Gasteiger partial charge in [0.25, 0.3) is 5.91 Å². The Morgan fingerprint density at radius 2 is 2.04 bits per heavy atom. The lowest BCUT2D eigenvalue weighted by molar-refractivity contribution is 0.0940. The molecule has 0 spiro atoms. The van der Waals surface area contributed by atoms with E-state index in [-0.39, 0.29) is 24.5 Å². The van der Waals surface area contributed by atoms with Gasteiger partial charge in [0.2, 0.25) is 0 Å². The third kappa shape index (κ3) is 3.35. The number of nitriles is 1. The number of amides is 1. The van der Waals surface area contributed by atoms with E-state index in [0.29, 0.717) is 11.1 Å². The summed E-state index contributed by atoms with van der Waals surface area (Å²) >= 11 is 0. The fourth-order valence-corrected chi connectivity index (χ4v) is 3.34. The summed E-state index contributed by atoms with van der Waals surface area (Å²) in [4.78, 5) is 12.6. The van der Waals surface area contributed by atoms with E-state index in [4.69, 9.17) is 5.26 Å². The van der Waals surface area contributed by atoms with Crippen LogP contribution < -0.4 is 5.32 Å². The first-order chi connectivity index (χ1) is 12.0. The lowest BCUT2D eigenvalue weighted by Crippen LogP contribution is -2.33. The molecule has 1 amide bonds. The van der Waals surface area contributed by atoms with E-state index in [9.17, 15) is 9.90 Å². The quantitative estimate of drug-likeness (QED) is 0.843. The normalized spacial score (nSPS) is 19.0. The Kier molecular flexibility index (Phi) is 4.73. The van der Waals surface area contributed by atoms with Crippen molar-refractivity contribution in [3.05, 3.63) is 65.0 Å². The Morgan fingerprint density at radius 1 is 1.32 bits per heavy atom. The summed E-state index contributed by atoms with van der Waals surface area (Å²) in [6.45, 7) is 3.98. The predicted octanol–water partition coefficient (Wildman–Crippen LogP) is 2.63. The van der Waals surface area contributed by atoms with Gasteiger partial charge in [0.05, 0.1) is 17.2 Å². The zero-order valence-corrected chi connectivity index (χ0v) is 14.4. The standard InChI is InChI=1S/C20H21N3O2/c1-13-9-19(20(25)22-17-6-3-16(10-17)12-24)14(2)23(13)18-7-4-15(11-21)5-8-18/h3-9,16-17,24H,10,12H2,1-2H3,(H,22,25)/t16-,17+/m0/s1. The van der Waals surface area contributed by atoms with Crippen LogP contribution in [0, 0.1) is 31.1 Å². The fraction of sp³-hybridized carbons (Fsp3) is 0.300. The van der Waals surface area contributed by atoms with Crippen molar-refractivity contribution >= 4 is 5.91 Å². The molecule has 0 bridgehead atoms. The average Bonchev–Trinajstić information content (AvgIpc) is 3.19. The minimum absolute atomic E-state index is 0.0392. The molecule has 3 rings (SSSR count). The van der Waals surface area contributed by atoms with E-state index < -0.39 is 0 Å². The van der Waals surface area contributed by atoms with Crippen molar-refractivity contribution in [2.45, 2.75) is 26.3 Å². The van der Waals surface area contributed by atoms with E-state index in [2.05, 4.69) is 11.4 Å². The van der Waals surface area contributed by atoms with Crippen molar-refractivity contribution in [1.29, 1.82) is 5.26 Å². The third-order valence-electron chi connectivity index (χ3n) is 4.65. The van der Waals surface area contributed by atoms with Crippen LogP contribution in [-0.4, -0.2) is 28.2 Å². The van der Waals surface area contributed by atoms with Gasteiger partial charge in [-0.1, -0.05) is 12.2 Å². The lowest BCUT2D eigenvalue weighted by atomic mass is 10.1. The van der Waals surface area contributed by atoms with Crippen LogP contribution in [0.2, 0.25) is 0 Å². The number of rotatable bonds is 4. The van der Waals surface area contributed by atoms with Crippen LogP contribution in [0.3, 0.4) is 0 Å². The average molecular weight is 335 g/mol. The zero-order chi connectivity index (χ0) is 18.0. The highest BCUT2D eigenvalue weighted by Crippen LogP contribution is 2.22. The summed E-state index contributed by atoms with van der Waals surface area (Å²) in [7, 11) is 0. The van der Waals surface area contributed by atoms with Gasteiger partial charge in [0.1, 0.15) is 0 Å². The second-order valence-electron chi connectivity index (χ2n) is 6.42. The molecule has 0 saturated heterocycles. The van der Waals surface area contributed by atoms with Gasteiger partial charge >= 0.3 is 0 Å². The van der Waals surface area contributed by atoms with Gasteiger partial charge < -0.3 is 15.0 Å². The lowest BCUT2D eigenvalue weighted by Gasteiger charge is -2.13. The molecule has 1 aromatic carbocycles. The first kappa shape index (κ1) is 17.0. The number of aryl methyl sites for hydroxylation is 1. The SMILES string of the molecule is Cc1cc(C(=O)N[C@@H]2C=C[C@H](CO)C2)c(C)n1-c1ccc(C#N)cc1. The zero-order valence-electron chi connectivity index (χ0n) is 14.4.